The summed E-state index contributed by atoms with van der Waals surface area (Å²) in [6.45, 7) is 3.40. The number of hydrogen-bond acceptors (Lipinski definition) is 7. The number of rotatable bonds is 12. The second kappa shape index (κ2) is 12.0. The van der Waals surface area contributed by atoms with Gasteiger partial charge in [0.25, 0.3) is 0 Å². The predicted molar refractivity (Wildman–Crippen MR) is 130 cm³/mol. The van der Waals surface area contributed by atoms with Gasteiger partial charge >= 0.3 is 0 Å². The molecule has 0 bridgehead atoms. The Balaban J connectivity index is 2.14. The van der Waals surface area contributed by atoms with Crippen molar-refractivity contribution in [1.82, 2.24) is 0 Å². The molecule has 2 rings (SSSR count). The molecule has 12 heteroatoms. The number of hydrogen-bond donors (Lipinski definition) is 1. The highest BCUT2D eigenvalue weighted by Gasteiger charge is 2.22. The zero-order chi connectivity index (χ0) is 24.8. The number of alkyl halides is 1. The van der Waals surface area contributed by atoms with Crippen LogP contribution in [-0.2, 0) is 19.7 Å². The third-order valence-electron chi connectivity index (χ3n) is 4.52. The summed E-state index contributed by atoms with van der Waals surface area (Å²) in [5.74, 6) is 0.404. The average molecular weight is 560 g/mol. The highest BCUT2D eigenvalue weighted by Crippen LogP contribution is 2.37. The summed E-state index contributed by atoms with van der Waals surface area (Å²) in [5.41, 5.74) is 0. The first-order valence-corrected chi connectivity index (χ1v) is 14.5. The number of benzene rings is 2. The van der Waals surface area contributed by atoms with Gasteiger partial charge in [-0.25, -0.2) is 16.8 Å². The van der Waals surface area contributed by atoms with Crippen LogP contribution in [0.4, 0.5) is 0 Å². The Kier molecular flexibility index (Phi) is 10.1. The largest absolute Gasteiger partial charge is 0.491 e. The van der Waals surface area contributed by atoms with Gasteiger partial charge in [0, 0.05) is 17.6 Å². The Labute approximate surface area is 209 Å². The van der Waals surface area contributed by atoms with Gasteiger partial charge in [0.2, 0.25) is 9.84 Å². The van der Waals surface area contributed by atoms with E-state index in [1.807, 2.05) is 6.92 Å². The molecule has 0 aliphatic rings. The molecule has 184 valence electrons. The van der Waals surface area contributed by atoms with Gasteiger partial charge in [-0.15, -0.1) is 11.6 Å². The summed E-state index contributed by atoms with van der Waals surface area (Å²) in [7, 11) is -7.29. The van der Waals surface area contributed by atoms with Crippen molar-refractivity contribution < 1.29 is 31.4 Å². The molecule has 0 aliphatic carbocycles. The zero-order valence-corrected chi connectivity index (χ0v) is 21.9. The van der Waals surface area contributed by atoms with E-state index in [0.29, 0.717) is 5.88 Å². The lowest BCUT2D eigenvalue weighted by Gasteiger charge is -2.15. The molecule has 0 radical (unpaired) electrons. The maximum absolute atomic E-state index is 13.0. The van der Waals surface area contributed by atoms with Gasteiger partial charge < -0.3 is 14.6 Å². The molecular formula is C21H25Cl3O7S2. The van der Waals surface area contributed by atoms with Gasteiger partial charge in [-0.05, 0) is 36.4 Å². The van der Waals surface area contributed by atoms with E-state index < -0.39 is 31.5 Å². The minimum absolute atomic E-state index is 0.0273. The Morgan fingerprint density at radius 2 is 1.52 bits per heavy atom. The van der Waals surface area contributed by atoms with Crippen molar-refractivity contribution in [1.29, 1.82) is 0 Å². The summed E-state index contributed by atoms with van der Waals surface area (Å²) in [5, 5.41) is 9.93. The lowest BCUT2D eigenvalue weighted by molar-refractivity contribution is 0.125. The lowest BCUT2D eigenvalue weighted by Crippen LogP contribution is -2.27. The van der Waals surface area contributed by atoms with Crippen LogP contribution in [0.5, 0.6) is 11.5 Å². The molecule has 0 unspecified atom stereocenters. The Morgan fingerprint density at radius 3 is 2.03 bits per heavy atom. The summed E-state index contributed by atoms with van der Waals surface area (Å²) in [6, 6.07) is 7.99. The van der Waals surface area contributed by atoms with Crippen molar-refractivity contribution in [2.24, 2.45) is 5.92 Å². The Bertz CT molecular complexity index is 1130. The average Bonchev–Trinajstić information content (AvgIpc) is 2.76. The summed E-state index contributed by atoms with van der Waals surface area (Å²) >= 11 is 18.2. The summed E-state index contributed by atoms with van der Waals surface area (Å²) in [4.78, 5) is -0.135. The smallest absolute Gasteiger partial charge is 0.206 e. The van der Waals surface area contributed by atoms with Crippen LogP contribution >= 0.6 is 34.8 Å². The second-order valence-electron chi connectivity index (χ2n) is 7.43. The Morgan fingerprint density at radius 1 is 0.939 bits per heavy atom. The normalized spacial score (nSPS) is 14.0. The molecule has 1 N–H and O–H groups in total. The minimum atomic E-state index is -3.94. The first kappa shape index (κ1) is 28.0. The van der Waals surface area contributed by atoms with Crippen LogP contribution in [0.1, 0.15) is 13.8 Å². The van der Waals surface area contributed by atoms with Crippen molar-refractivity contribution >= 4 is 54.5 Å². The van der Waals surface area contributed by atoms with Crippen molar-refractivity contribution in [3.8, 4) is 11.5 Å². The monoisotopic (exact) mass is 558 g/mol. The predicted octanol–water partition coefficient (Wildman–Crippen LogP) is 4.25. The molecule has 2 aromatic rings. The van der Waals surface area contributed by atoms with Gasteiger partial charge in [0.1, 0.15) is 18.5 Å². The molecule has 0 saturated heterocycles. The standard InChI is InChI=1S/C21H25Cl3O7S2/c1-3-32(26,27)13-15(25)12-30-16-4-6-17(7-5-16)33(28,29)18-8-19(23)21(20(24)9-18)31-11-14(2)10-22/h4-9,14-15,25H,3,10-13H2,1-2H3/t14-,15+/m1/s1. The summed E-state index contributed by atoms with van der Waals surface area (Å²) < 4.78 is 60.0. The van der Waals surface area contributed by atoms with Crippen LogP contribution in [-0.4, -0.2) is 58.6 Å². The lowest BCUT2D eigenvalue weighted by atomic mass is 10.2. The van der Waals surface area contributed by atoms with Crippen LogP contribution < -0.4 is 9.47 Å². The van der Waals surface area contributed by atoms with Crippen molar-refractivity contribution in [3.63, 3.8) is 0 Å². The van der Waals surface area contributed by atoms with Crippen molar-refractivity contribution in [3.05, 3.63) is 46.4 Å². The molecule has 2 atom stereocenters. The van der Waals surface area contributed by atoms with Gasteiger partial charge in [-0.1, -0.05) is 37.0 Å². The van der Waals surface area contributed by atoms with Gasteiger partial charge in [0.05, 0.1) is 32.2 Å². The van der Waals surface area contributed by atoms with E-state index in [1.54, 1.807) is 0 Å². The number of aliphatic hydroxyl groups is 1. The first-order valence-electron chi connectivity index (χ1n) is 9.93. The van der Waals surface area contributed by atoms with Gasteiger partial charge in [0.15, 0.2) is 15.6 Å². The van der Waals surface area contributed by atoms with Crippen LogP contribution in [0, 0.1) is 5.92 Å². The molecule has 0 amide bonds. The van der Waals surface area contributed by atoms with Gasteiger partial charge in [-0.3, -0.25) is 0 Å². The highest BCUT2D eigenvalue weighted by molar-refractivity contribution is 7.91. The number of aliphatic hydroxyl groups excluding tert-OH is 1. The van der Waals surface area contributed by atoms with Crippen LogP contribution in [0.3, 0.4) is 0 Å². The van der Waals surface area contributed by atoms with E-state index in [0.717, 1.165) is 0 Å². The quantitative estimate of drug-likeness (QED) is 0.387. The van der Waals surface area contributed by atoms with E-state index in [-0.39, 0.29) is 56.2 Å². The number of ether oxygens (including phenoxy) is 2. The fourth-order valence-electron chi connectivity index (χ4n) is 2.60. The maximum atomic E-state index is 13.0. The van der Waals surface area contributed by atoms with Crippen molar-refractivity contribution in [2.75, 3.05) is 30.6 Å². The molecular weight excluding hydrogens is 535 g/mol. The van der Waals surface area contributed by atoms with Crippen molar-refractivity contribution in [2.45, 2.75) is 29.7 Å². The first-order chi connectivity index (χ1) is 15.4. The molecule has 2 aromatic carbocycles. The van der Waals surface area contributed by atoms with E-state index in [9.17, 15) is 21.9 Å². The van der Waals surface area contributed by atoms with E-state index >= 15 is 0 Å². The van der Waals surface area contributed by atoms with Gasteiger partial charge in [-0.2, -0.15) is 0 Å². The Hall–Kier alpha value is -1.23. The summed E-state index contributed by atoms with van der Waals surface area (Å²) in [6.07, 6.45) is -1.20. The second-order valence-corrected chi connectivity index (χ2v) is 12.9. The molecule has 33 heavy (non-hydrogen) atoms. The SMILES string of the molecule is CCS(=O)(=O)C[C@@H](O)COc1ccc(S(=O)(=O)c2cc(Cl)c(OC[C@H](C)CCl)c(Cl)c2)cc1. The molecule has 0 heterocycles. The minimum Gasteiger partial charge on any atom is -0.491 e. The number of sulfone groups is 2. The third-order valence-corrected chi connectivity index (χ3v) is 9.13. The van der Waals surface area contributed by atoms with Crippen LogP contribution in [0.25, 0.3) is 0 Å². The highest BCUT2D eigenvalue weighted by atomic mass is 35.5. The molecule has 0 saturated carbocycles. The van der Waals surface area contributed by atoms with E-state index in [1.165, 1.54) is 43.3 Å². The zero-order valence-electron chi connectivity index (χ0n) is 18.0. The molecule has 7 nitrogen and oxygen atoms in total. The molecule has 0 fully saturated rings. The van der Waals surface area contributed by atoms with Crippen LogP contribution in [0.15, 0.2) is 46.2 Å². The molecule has 0 aromatic heterocycles. The fourth-order valence-corrected chi connectivity index (χ4v) is 5.65. The van der Waals surface area contributed by atoms with Crippen LogP contribution in [0.2, 0.25) is 10.0 Å². The number of halogens is 3. The molecule has 0 aliphatic heterocycles. The topological polar surface area (TPSA) is 107 Å². The third kappa shape index (κ3) is 7.90. The van der Waals surface area contributed by atoms with E-state index in [2.05, 4.69) is 0 Å². The molecule has 0 spiro atoms. The maximum Gasteiger partial charge on any atom is 0.206 e. The fraction of sp³-hybridized carbons (Fsp3) is 0.429. The van der Waals surface area contributed by atoms with E-state index in [4.69, 9.17) is 44.3 Å².